The zero-order valence-corrected chi connectivity index (χ0v) is 15.0. The van der Waals surface area contributed by atoms with E-state index in [0.29, 0.717) is 21.0 Å². The molecular formula is C12H11BrClNO4S2. The molecule has 2 rings (SSSR count). The Bertz CT molecular complexity index is 761. The van der Waals surface area contributed by atoms with Crippen molar-refractivity contribution in [2.24, 2.45) is 0 Å². The second kappa shape index (κ2) is 6.43. The quantitative estimate of drug-likeness (QED) is 0.806. The van der Waals surface area contributed by atoms with E-state index in [2.05, 4.69) is 20.7 Å². The molecule has 9 heteroatoms. The standard InChI is InChI=1S/C12H11BrClNO4S2/c1-18-10-6-9(11(19-2)5-8(10)14)15-21(16,17)12-7(13)3-4-20-12/h3-6,15H,1-2H3. The smallest absolute Gasteiger partial charge is 0.272 e. The van der Waals surface area contributed by atoms with Gasteiger partial charge in [-0.05, 0) is 27.4 Å². The molecule has 0 saturated carbocycles. The van der Waals surface area contributed by atoms with E-state index >= 15 is 0 Å². The van der Waals surface area contributed by atoms with Crippen LogP contribution >= 0.6 is 38.9 Å². The number of ether oxygens (including phenoxy) is 2. The number of rotatable bonds is 5. The Balaban J connectivity index is 2.46. The number of benzene rings is 1. The summed E-state index contributed by atoms with van der Waals surface area (Å²) in [5.41, 5.74) is 0.249. The van der Waals surface area contributed by atoms with Gasteiger partial charge in [0.25, 0.3) is 10.0 Å². The summed E-state index contributed by atoms with van der Waals surface area (Å²) in [6, 6.07) is 4.63. The molecule has 2 aromatic rings. The second-order valence-corrected chi connectivity index (χ2v) is 7.90. The summed E-state index contributed by atoms with van der Waals surface area (Å²) < 4.78 is 38.1. The zero-order valence-electron chi connectivity index (χ0n) is 11.0. The van der Waals surface area contributed by atoms with Gasteiger partial charge in [0.05, 0.1) is 24.9 Å². The lowest BCUT2D eigenvalue weighted by Crippen LogP contribution is -2.13. The third-order valence-corrected chi connectivity index (χ3v) is 6.88. The molecule has 0 aliphatic rings. The van der Waals surface area contributed by atoms with Crippen LogP contribution < -0.4 is 14.2 Å². The van der Waals surface area contributed by atoms with Crippen LogP contribution in [0.15, 0.2) is 32.3 Å². The minimum atomic E-state index is -3.73. The molecule has 114 valence electrons. The molecule has 1 aromatic carbocycles. The van der Waals surface area contributed by atoms with E-state index in [1.54, 1.807) is 11.4 Å². The number of anilines is 1. The molecule has 0 saturated heterocycles. The van der Waals surface area contributed by atoms with E-state index in [4.69, 9.17) is 21.1 Å². The number of hydrogen-bond acceptors (Lipinski definition) is 5. The molecule has 21 heavy (non-hydrogen) atoms. The number of sulfonamides is 1. The monoisotopic (exact) mass is 411 g/mol. The summed E-state index contributed by atoms with van der Waals surface area (Å²) in [4.78, 5) is 0. The fourth-order valence-corrected chi connectivity index (χ4v) is 5.23. The highest BCUT2D eigenvalue weighted by atomic mass is 79.9. The van der Waals surface area contributed by atoms with Crippen molar-refractivity contribution in [2.75, 3.05) is 18.9 Å². The Kier molecular flexibility index (Phi) is 5.03. The van der Waals surface area contributed by atoms with Gasteiger partial charge < -0.3 is 9.47 Å². The summed E-state index contributed by atoms with van der Waals surface area (Å²) in [6.07, 6.45) is 0. The normalized spacial score (nSPS) is 11.2. The largest absolute Gasteiger partial charge is 0.495 e. The zero-order chi connectivity index (χ0) is 15.6. The van der Waals surface area contributed by atoms with Crippen LogP contribution in [-0.4, -0.2) is 22.6 Å². The molecule has 0 spiro atoms. The lowest BCUT2D eigenvalue weighted by atomic mass is 10.3. The van der Waals surface area contributed by atoms with Crippen LogP contribution in [0.3, 0.4) is 0 Å². The average molecular weight is 413 g/mol. The molecule has 0 bridgehead atoms. The van der Waals surface area contributed by atoms with Gasteiger partial charge in [-0.1, -0.05) is 11.6 Å². The van der Waals surface area contributed by atoms with Crippen LogP contribution in [0.1, 0.15) is 0 Å². The first-order valence-corrected chi connectivity index (χ1v) is 9.09. The van der Waals surface area contributed by atoms with Crippen LogP contribution in [0.5, 0.6) is 11.5 Å². The van der Waals surface area contributed by atoms with E-state index in [-0.39, 0.29) is 9.90 Å². The molecule has 0 aliphatic carbocycles. The van der Waals surface area contributed by atoms with Crippen molar-refractivity contribution in [1.29, 1.82) is 0 Å². The van der Waals surface area contributed by atoms with Gasteiger partial charge in [0.2, 0.25) is 0 Å². The molecule has 1 aromatic heterocycles. The molecule has 0 radical (unpaired) electrons. The van der Waals surface area contributed by atoms with Gasteiger partial charge in [-0.3, -0.25) is 4.72 Å². The number of thiophene rings is 1. The Labute approximate surface area is 140 Å². The molecule has 0 fully saturated rings. The van der Waals surface area contributed by atoms with E-state index in [9.17, 15) is 8.42 Å². The third-order valence-electron chi connectivity index (χ3n) is 2.55. The Hall–Kier alpha value is -0.960. The molecule has 0 atom stereocenters. The molecule has 5 nitrogen and oxygen atoms in total. The van der Waals surface area contributed by atoms with Gasteiger partial charge in [0.15, 0.2) is 4.21 Å². The summed E-state index contributed by atoms with van der Waals surface area (Å²) in [7, 11) is -0.854. The van der Waals surface area contributed by atoms with Crippen LogP contribution in [0.25, 0.3) is 0 Å². The number of hydrogen-bond donors (Lipinski definition) is 1. The van der Waals surface area contributed by atoms with E-state index in [1.165, 1.54) is 26.4 Å². The molecule has 1 N–H and O–H groups in total. The minimum Gasteiger partial charge on any atom is -0.495 e. The van der Waals surface area contributed by atoms with Gasteiger partial charge in [0.1, 0.15) is 11.5 Å². The van der Waals surface area contributed by atoms with Gasteiger partial charge >= 0.3 is 0 Å². The molecular weight excluding hydrogens is 402 g/mol. The van der Waals surface area contributed by atoms with E-state index < -0.39 is 10.0 Å². The van der Waals surface area contributed by atoms with Crippen molar-refractivity contribution in [3.05, 3.63) is 33.1 Å². The Morgan fingerprint density at radius 1 is 1.24 bits per heavy atom. The van der Waals surface area contributed by atoms with Crippen molar-refractivity contribution in [1.82, 2.24) is 0 Å². The summed E-state index contributed by atoms with van der Waals surface area (Å²) in [5, 5.41) is 2.01. The molecule has 0 aliphatic heterocycles. The summed E-state index contributed by atoms with van der Waals surface area (Å²) in [5.74, 6) is 0.650. The summed E-state index contributed by atoms with van der Waals surface area (Å²) >= 11 is 10.3. The van der Waals surface area contributed by atoms with Gasteiger partial charge in [-0.2, -0.15) is 0 Å². The maximum atomic E-state index is 12.4. The topological polar surface area (TPSA) is 64.6 Å². The van der Waals surface area contributed by atoms with Crippen LogP contribution in [0.4, 0.5) is 5.69 Å². The van der Waals surface area contributed by atoms with E-state index in [1.807, 2.05) is 0 Å². The number of methoxy groups -OCH3 is 2. The first kappa shape index (κ1) is 16.4. The van der Waals surface area contributed by atoms with Crippen molar-refractivity contribution in [3.8, 4) is 11.5 Å². The predicted molar refractivity (Wildman–Crippen MR) is 87.4 cm³/mol. The maximum absolute atomic E-state index is 12.4. The minimum absolute atomic E-state index is 0.179. The fraction of sp³-hybridized carbons (Fsp3) is 0.167. The van der Waals surface area contributed by atoms with Crippen molar-refractivity contribution in [2.45, 2.75) is 4.21 Å². The highest BCUT2D eigenvalue weighted by Gasteiger charge is 2.22. The average Bonchev–Trinajstić information content (AvgIpc) is 2.87. The molecule has 0 unspecified atom stereocenters. The van der Waals surface area contributed by atoms with Crippen LogP contribution in [0, 0.1) is 0 Å². The fourth-order valence-electron chi connectivity index (χ4n) is 1.60. The van der Waals surface area contributed by atoms with Crippen molar-refractivity contribution >= 4 is 54.6 Å². The lowest BCUT2D eigenvalue weighted by Gasteiger charge is -2.13. The van der Waals surface area contributed by atoms with Gasteiger partial charge in [0, 0.05) is 16.6 Å². The molecule has 1 heterocycles. The van der Waals surface area contributed by atoms with Gasteiger partial charge in [-0.15, -0.1) is 11.3 Å². The first-order valence-electron chi connectivity index (χ1n) is 5.56. The Morgan fingerprint density at radius 3 is 2.43 bits per heavy atom. The lowest BCUT2D eigenvalue weighted by molar-refractivity contribution is 0.405. The second-order valence-electron chi connectivity index (χ2n) is 3.85. The highest BCUT2D eigenvalue weighted by molar-refractivity contribution is 9.10. The summed E-state index contributed by atoms with van der Waals surface area (Å²) in [6.45, 7) is 0. The van der Waals surface area contributed by atoms with Crippen LogP contribution in [0.2, 0.25) is 5.02 Å². The number of nitrogens with one attached hydrogen (secondary N) is 1. The van der Waals surface area contributed by atoms with Crippen molar-refractivity contribution in [3.63, 3.8) is 0 Å². The SMILES string of the molecule is COc1cc(NS(=O)(=O)c2sccc2Br)c(OC)cc1Cl. The van der Waals surface area contributed by atoms with Crippen molar-refractivity contribution < 1.29 is 17.9 Å². The maximum Gasteiger partial charge on any atom is 0.272 e. The third kappa shape index (κ3) is 3.45. The predicted octanol–water partition coefficient (Wildman–Crippen LogP) is 3.98. The number of halogens is 2. The Morgan fingerprint density at radius 2 is 1.90 bits per heavy atom. The van der Waals surface area contributed by atoms with Gasteiger partial charge in [-0.25, -0.2) is 8.42 Å². The highest BCUT2D eigenvalue weighted by Crippen LogP contribution is 2.38. The van der Waals surface area contributed by atoms with E-state index in [0.717, 1.165) is 11.3 Å². The van der Waals surface area contributed by atoms with Crippen LogP contribution in [-0.2, 0) is 10.0 Å². The first-order chi connectivity index (χ1) is 9.89. The molecule has 0 amide bonds.